The van der Waals surface area contributed by atoms with Crippen LogP contribution in [0.3, 0.4) is 0 Å². The fourth-order valence-electron chi connectivity index (χ4n) is 3.16. The van der Waals surface area contributed by atoms with Crippen LogP contribution in [-0.2, 0) is 0 Å². The van der Waals surface area contributed by atoms with Gasteiger partial charge in [0.05, 0.1) is 0 Å². The first-order chi connectivity index (χ1) is 6.99. The van der Waals surface area contributed by atoms with Gasteiger partial charge in [-0.15, -0.1) is 0 Å². The van der Waals surface area contributed by atoms with Crippen LogP contribution in [-0.4, -0.2) is 13.1 Å². The SMILES string of the molecule is CCC(NC)C1CCC(C(C)(C)C)CC1. The molecule has 0 aromatic rings. The van der Waals surface area contributed by atoms with Crippen LogP contribution in [0, 0.1) is 17.3 Å². The van der Waals surface area contributed by atoms with Crippen LogP contribution in [0.15, 0.2) is 0 Å². The van der Waals surface area contributed by atoms with Gasteiger partial charge in [0.25, 0.3) is 0 Å². The molecule has 0 heterocycles. The Morgan fingerprint density at radius 1 is 1.13 bits per heavy atom. The molecule has 1 nitrogen and oxygen atoms in total. The first kappa shape index (κ1) is 13.0. The Hall–Kier alpha value is -0.0400. The largest absolute Gasteiger partial charge is 0.317 e. The lowest BCUT2D eigenvalue weighted by Gasteiger charge is -2.39. The predicted octanol–water partition coefficient (Wildman–Crippen LogP) is 3.84. The van der Waals surface area contributed by atoms with Crippen LogP contribution in [0.1, 0.15) is 59.8 Å². The minimum Gasteiger partial charge on any atom is -0.317 e. The first-order valence-electron chi connectivity index (χ1n) is 6.66. The minimum atomic E-state index is 0.520. The van der Waals surface area contributed by atoms with Crippen molar-refractivity contribution in [3.63, 3.8) is 0 Å². The second-order valence-electron chi connectivity index (χ2n) is 6.28. The molecule has 1 rings (SSSR count). The molecular formula is C14H29N. The molecule has 15 heavy (non-hydrogen) atoms. The monoisotopic (exact) mass is 211 g/mol. The van der Waals surface area contributed by atoms with E-state index in [-0.39, 0.29) is 0 Å². The van der Waals surface area contributed by atoms with Gasteiger partial charge >= 0.3 is 0 Å². The zero-order valence-corrected chi connectivity index (χ0v) is 11.3. The van der Waals surface area contributed by atoms with Gasteiger partial charge in [-0.1, -0.05) is 27.7 Å². The molecule has 0 aliphatic heterocycles. The van der Waals surface area contributed by atoms with Crippen LogP contribution in [0.5, 0.6) is 0 Å². The van der Waals surface area contributed by atoms with Crippen molar-refractivity contribution in [1.82, 2.24) is 5.32 Å². The van der Waals surface area contributed by atoms with E-state index in [9.17, 15) is 0 Å². The summed E-state index contributed by atoms with van der Waals surface area (Å²) < 4.78 is 0. The van der Waals surface area contributed by atoms with Crippen LogP contribution in [0.4, 0.5) is 0 Å². The van der Waals surface area contributed by atoms with Crippen LogP contribution in [0.25, 0.3) is 0 Å². The molecule has 0 spiro atoms. The molecule has 1 atom stereocenters. The van der Waals surface area contributed by atoms with E-state index in [0.29, 0.717) is 5.41 Å². The number of hydrogen-bond acceptors (Lipinski definition) is 1. The van der Waals surface area contributed by atoms with E-state index in [1.807, 2.05) is 0 Å². The summed E-state index contributed by atoms with van der Waals surface area (Å²) in [5.74, 6) is 1.88. The Bertz CT molecular complexity index is 168. The number of nitrogens with one attached hydrogen (secondary N) is 1. The van der Waals surface area contributed by atoms with E-state index in [1.54, 1.807) is 0 Å². The van der Waals surface area contributed by atoms with Crippen molar-refractivity contribution in [1.29, 1.82) is 0 Å². The van der Waals surface area contributed by atoms with Crippen LogP contribution < -0.4 is 5.32 Å². The third-order valence-corrected chi connectivity index (χ3v) is 4.38. The highest BCUT2D eigenvalue weighted by Gasteiger charge is 2.31. The molecule has 1 heteroatoms. The van der Waals surface area contributed by atoms with E-state index in [0.717, 1.165) is 17.9 Å². The summed E-state index contributed by atoms with van der Waals surface area (Å²) >= 11 is 0. The van der Waals surface area contributed by atoms with Gasteiger partial charge in [0.15, 0.2) is 0 Å². The molecule has 0 amide bonds. The molecule has 90 valence electrons. The van der Waals surface area contributed by atoms with Crippen molar-refractivity contribution in [2.24, 2.45) is 17.3 Å². The lowest BCUT2D eigenvalue weighted by atomic mass is 9.68. The summed E-state index contributed by atoms with van der Waals surface area (Å²) in [6, 6.07) is 0.755. The highest BCUT2D eigenvalue weighted by molar-refractivity contribution is 4.84. The highest BCUT2D eigenvalue weighted by Crippen LogP contribution is 2.40. The lowest BCUT2D eigenvalue weighted by molar-refractivity contribution is 0.133. The molecule has 1 saturated carbocycles. The van der Waals surface area contributed by atoms with E-state index in [4.69, 9.17) is 0 Å². The Morgan fingerprint density at radius 2 is 1.67 bits per heavy atom. The normalized spacial score (nSPS) is 30.2. The molecule has 1 aliphatic rings. The van der Waals surface area contributed by atoms with Crippen LogP contribution >= 0.6 is 0 Å². The minimum absolute atomic E-state index is 0.520. The molecule has 0 radical (unpaired) electrons. The summed E-state index contributed by atoms with van der Waals surface area (Å²) in [5, 5.41) is 3.48. The summed E-state index contributed by atoms with van der Waals surface area (Å²) in [7, 11) is 2.12. The van der Waals surface area contributed by atoms with Gasteiger partial charge in [0, 0.05) is 6.04 Å². The zero-order valence-electron chi connectivity index (χ0n) is 11.3. The zero-order chi connectivity index (χ0) is 11.5. The van der Waals surface area contributed by atoms with E-state index in [2.05, 4.69) is 40.1 Å². The smallest absolute Gasteiger partial charge is 0.00897 e. The maximum atomic E-state index is 3.48. The van der Waals surface area contributed by atoms with Crippen molar-refractivity contribution < 1.29 is 0 Å². The highest BCUT2D eigenvalue weighted by atomic mass is 14.9. The topological polar surface area (TPSA) is 12.0 Å². The van der Waals surface area contributed by atoms with Crippen molar-refractivity contribution >= 4 is 0 Å². The van der Waals surface area contributed by atoms with Crippen molar-refractivity contribution in [2.75, 3.05) is 7.05 Å². The van der Waals surface area contributed by atoms with Crippen molar-refractivity contribution in [3.05, 3.63) is 0 Å². The van der Waals surface area contributed by atoms with E-state index in [1.165, 1.54) is 32.1 Å². The summed E-state index contributed by atoms with van der Waals surface area (Å²) in [4.78, 5) is 0. The van der Waals surface area contributed by atoms with Crippen LogP contribution in [0.2, 0.25) is 0 Å². The summed E-state index contributed by atoms with van der Waals surface area (Å²) in [6.07, 6.45) is 7.02. The lowest BCUT2D eigenvalue weighted by Crippen LogP contribution is -2.37. The third-order valence-electron chi connectivity index (χ3n) is 4.38. The quantitative estimate of drug-likeness (QED) is 0.748. The predicted molar refractivity (Wildman–Crippen MR) is 68.0 cm³/mol. The van der Waals surface area contributed by atoms with Crippen molar-refractivity contribution in [3.8, 4) is 0 Å². The van der Waals surface area contributed by atoms with Gasteiger partial charge < -0.3 is 5.32 Å². The molecule has 0 saturated heterocycles. The van der Waals surface area contributed by atoms with E-state index >= 15 is 0 Å². The molecular weight excluding hydrogens is 182 g/mol. The third kappa shape index (κ3) is 3.48. The van der Waals surface area contributed by atoms with Gasteiger partial charge in [-0.3, -0.25) is 0 Å². The first-order valence-corrected chi connectivity index (χ1v) is 6.66. The van der Waals surface area contributed by atoms with Gasteiger partial charge in [-0.2, -0.15) is 0 Å². The summed E-state index contributed by atoms with van der Waals surface area (Å²) in [5.41, 5.74) is 0.520. The molecule has 1 N–H and O–H groups in total. The van der Waals surface area contributed by atoms with Crippen molar-refractivity contribution in [2.45, 2.75) is 65.8 Å². The number of rotatable bonds is 3. The van der Waals surface area contributed by atoms with Gasteiger partial charge in [0.1, 0.15) is 0 Å². The Balaban J connectivity index is 2.42. The van der Waals surface area contributed by atoms with Gasteiger partial charge in [-0.25, -0.2) is 0 Å². The van der Waals surface area contributed by atoms with E-state index < -0.39 is 0 Å². The standard InChI is InChI=1S/C14H29N/c1-6-13(15-5)11-7-9-12(10-8-11)14(2,3)4/h11-13,15H,6-10H2,1-5H3. The summed E-state index contributed by atoms with van der Waals surface area (Å²) in [6.45, 7) is 9.49. The second-order valence-corrected chi connectivity index (χ2v) is 6.28. The molecule has 1 fully saturated rings. The second kappa shape index (κ2) is 5.34. The maximum absolute atomic E-state index is 3.48. The Labute approximate surface area is 96.0 Å². The number of hydrogen-bond donors (Lipinski definition) is 1. The molecule has 1 aliphatic carbocycles. The maximum Gasteiger partial charge on any atom is 0.00897 e. The van der Waals surface area contributed by atoms with Gasteiger partial charge in [-0.05, 0) is 56.4 Å². The molecule has 0 bridgehead atoms. The Kier molecular flexibility index (Phi) is 4.64. The Morgan fingerprint density at radius 3 is 2.00 bits per heavy atom. The molecule has 1 unspecified atom stereocenters. The van der Waals surface area contributed by atoms with Gasteiger partial charge in [0.2, 0.25) is 0 Å². The average Bonchev–Trinajstić information content (AvgIpc) is 2.19. The molecule has 0 aromatic heterocycles. The fourth-order valence-corrected chi connectivity index (χ4v) is 3.16. The fraction of sp³-hybridized carbons (Fsp3) is 1.00. The average molecular weight is 211 g/mol. The molecule has 0 aromatic carbocycles.